The Balaban J connectivity index is 4.40. The average Bonchev–Trinajstić information content (AvgIpc) is 3.39. The predicted octanol–water partition coefficient (Wildman–Crippen LogP) is 20.9. The SMILES string of the molecule is CC/C=C\C/C=C\C/C=C\CCCCCCCCCC(=O)OCC(COC(=O)CCCCCCCCCCC/C=C\C/C=C\CCCCCCC)OC(=O)CCCCCCCCC/C=C\C/C=C\C/C=C\CC. The molecular weight excluding hydrogens is 901 g/mol. The number of unbranched alkanes of at least 4 members (excludes halogenated alkanes) is 28. The zero-order valence-electron chi connectivity index (χ0n) is 47.9. The third-order valence-electron chi connectivity index (χ3n) is 13.1. The van der Waals surface area contributed by atoms with Crippen LogP contribution in [0.25, 0.3) is 0 Å². The number of carbonyl (C=O) groups excluding carboxylic acids is 3. The third-order valence-corrected chi connectivity index (χ3v) is 13.1. The highest BCUT2D eigenvalue weighted by Crippen LogP contribution is 2.15. The summed E-state index contributed by atoms with van der Waals surface area (Å²) in [7, 11) is 0. The molecule has 0 radical (unpaired) electrons. The first-order valence-electron chi connectivity index (χ1n) is 30.7. The molecule has 0 aromatic heterocycles. The molecule has 6 heteroatoms. The molecule has 0 amide bonds. The van der Waals surface area contributed by atoms with Gasteiger partial charge in [-0.2, -0.15) is 0 Å². The minimum Gasteiger partial charge on any atom is -0.462 e. The molecular formula is C67H114O6. The molecule has 0 heterocycles. The predicted molar refractivity (Wildman–Crippen MR) is 316 cm³/mol. The molecule has 0 aliphatic heterocycles. The summed E-state index contributed by atoms with van der Waals surface area (Å²) < 4.78 is 16.9. The first-order chi connectivity index (χ1) is 36.0. The van der Waals surface area contributed by atoms with E-state index in [9.17, 15) is 14.4 Å². The highest BCUT2D eigenvalue weighted by molar-refractivity contribution is 5.71. The van der Waals surface area contributed by atoms with E-state index in [0.717, 1.165) is 116 Å². The van der Waals surface area contributed by atoms with Crippen LogP contribution >= 0.6 is 0 Å². The first-order valence-corrected chi connectivity index (χ1v) is 30.7. The van der Waals surface area contributed by atoms with Crippen LogP contribution < -0.4 is 0 Å². The van der Waals surface area contributed by atoms with Gasteiger partial charge in [0.15, 0.2) is 6.10 Å². The quantitative estimate of drug-likeness (QED) is 0.0261. The number of esters is 3. The minimum absolute atomic E-state index is 0.0870. The van der Waals surface area contributed by atoms with Crippen LogP contribution in [0.4, 0.5) is 0 Å². The van der Waals surface area contributed by atoms with Gasteiger partial charge in [-0.05, 0) is 116 Å². The summed E-state index contributed by atoms with van der Waals surface area (Å²) in [6.07, 6.45) is 81.1. The largest absolute Gasteiger partial charge is 0.462 e. The molecule has 0 aliphatic carbocycles. The molecule has 1 atom stereocenters. The molecule has 0 saturated heterocycles. The molecule has 418 valence electrons. The lowest BCUT2D eigenvalue weighted by Crippen LogP contribution is -2.30. The number of hydrogen-bond donors (Lipinski definition) is 0. The van der Waals surface area contributed by atoms with Crippen LogP contribution in [-0.4, -0.2) is 37.2 Å². The van der Waals surface area contributed by atoms with Gasteiger partial charge in [-0.3, -0.25) is 14.4 Å². The van der Waals surface area contributed by atoms with E-state index in [4.69, 9.17) is 14.2 Å². The standard InChI is InChI=1S/C67H114O6/c1-4-7-10-13-16-19-22-25-28-31-32-33-34-37-39-42-45-48-51-54-57-60-66(69)72-63-64(73-67(70)61-58-55-52-49-46-43-40-36-30-27-24-21-18-15-12-9-6-3)62-71-65(68)59-56-53-50-47-44-41-38-35-29-26-23-20-17-14-11-8-5-2/h8-9,11-12,17-18,20-22,25-27,29-32,64H,4-7,10,13-16,19,23-24,28,33-63H2,1-3H3/b11-8-,12-9-,20-17-,21-18-,25-22-,29-26-,30-27-,32-31-. The topological polar surface area (TPSA) is 78.9 Å². The van der Waals surface area contributed by atoms with Crippen molar-refractivity contribution < 1.29 is 28.6 Å². The van der Waals surface area contributed by atoms with Gasteiger partial charge >= 0.3 is 17.9 Å². The highest BCUT2D eigenvalue weighted by Gasteiger charge is 2.19. The molecule has 6 nitrogen and oxygen atoms in total. The molecule has 1 unspecified atom stereocenters. The lowest BCUT2D eigenvalue weighted by Gasteiger charge is -2.18. The Kier molecular flexibility index (Phi) is 57.8. The van der Waals surface area contributed by atoms with Crippen LogP contribution in [0.5, 0.6) is 0 Å². The lowest BCUT2D eigenvalue weighted by molar-refractivity contribution is -0.167. The van der Waals surface area contributed by atoms with Gasteiger partial charge < -0.3 is 14.2 Å². The van der Waals surface area contributed by atoms with E-state index >= 15 is 0 Å². The van der Waals surface area contributed by atoms with Crippen LogP contribution in [0.3, 0.4) is 0 Å². The summed E-state index contributed by atoms with van der Waals surface area (Å²) in [5.74, 6) is -0.903. The Morgan fingerprint density at radius 1 is 0.288 bits per heavy atom. The molecule has 0 spiro atoms. The highest BCUT2D eigenvalue weighted by atomic mass is 16.6. The smallest absolute Gasteiger partial charge is 0.306 e. The minimum atomic E-state index is -0.791. The van der Waals surface area contributed by atoms with Crippen molar-refractivity contribution in [2.24, 2.45) is 0 Å². The summed E-state index contributed by atoms with van der Waals surface area (Å²) in [5.41, 5.74) is 0. The number of rotatable bonds is 55. The summed E-state index contributed by atoms with van der Waals surface area (Å²) in [4.78, 5) is 38.3. The zero-order valence-corrected chi connectivity index (χ0v) is 47.9. The Morgan fingerprint density at radius 3 is 0.836 bits per heavy atom. The lowest BCUT2D eigenvalue weighted by atomic mass is 10.1. The fourth-order valence-corrected chi connectivity index (χ4v) is 8.50. The Labute approximate surface area is 451 Å². The van der Waals surface area contributed by atoms with Crippen molar-refractivity contribution in [3.05, 3.63) is 97.2 Å². The maximum atomic E-state index is 12.9. The number of allylic oxidation sites excluding steroid dienone is 16. The monoisotopic (exact) mass is 1010 g/mol. The van der Waals surface area contributed by atoms with E-state index in [0.29, 0.717) is 19.3 Å². The van der Waals surface area contributed by atoms with Crippen LogP contribution in [0.15, 0.2) is 97.2 Å². The van der Waals surface area contributed by atoms with Crippen molar-refractivity contribution >= 4 is 17.9 Å². The molecule has 0 saturated carbocycles. The van der Waals surface area contributed by atoms with E-state index in [2.05, 4.69) is 118 Å². The van der Waals surface area contributed by atoms with Crippen molar-refractivity contribution in [1.82, 2.24) is 0 Å². The van der Waals surface area contributed by atoms with E-state index < -0.39 is 6.10 Å². The molecule has 0 aromatic rings. The van der Waals surface area contributed by atoms with E-state index in [1.165, 1.54) is 135 Å². The fourth-order valence-electron chi connectivity index (χ4n) is 8.50. The van der Waals surface area contributed by atoms with Crippen LogP contribution in [-0.2, 0) is 28.6 Å². The Bertz CT molecular complexity index is 1440. The summed E-state index contributed by atoms with van der Waals surface area (Å²) in [6.45, 7) is 6.41. The third kappa shape index (κ3) is 59.1. The molecule has 0 fully saturated rings. The summed E-state index contributed by atoms with van der Waals surface area (Å²) in [6, 6.07) is 0. The average molecular weight is 1020 g/mol. The number of carbonyl (C=O) groups is 3. The normalized spacial score (nSPS) is 12.8. The second kappa shape index (κ2) is 60.9. The zero-order chi connectivity index (χ0) is 52.9. The van der Waals surface area contributed by atoms with Crippen molar-refractivity contribution in [1.29, 1.82) is 0 Å². The van der Waals surface area contributed by atoms with Gasteiger partial charge in [0.2, 0.25) is 0 Å². The summed E-state index contributed by atoms with van der Waals surface area (Å²) >= 11 is 0. The van der Waals surface area contributed by atoms with E-state index in [-0.39, 0.29) is 31.1 Å². The van der Waals surface area contributed by atoms with E-state index in [1.807, 2.05) is 0 Å². The van der Waals surface area contributed by atoms with E-state index in [1.54, 1.807) is 0 Å². The van der Waals surface area contributed by atoms with Crippen molar-refractivity contribution in [2.75, 3.05) is 13.2 Å². The Hall–Kier alpha value is -3.67. The maximum Gasteiger partial charge on any atom is 0.306 e. The van der Waals surface area contributed by atoms with Crippen molar-refractivity contribution in [3.63, 3.8) is 0 Å². The van der Waals surface area contributed by atoms with Crippen molar-refractivity contribution in [2.45, 2.75) is 297 Å². The molecule has 73 heavy (non-hydrogen) atoms. The number of ether oxygens (including phenoxy) is 3. The van der Waals surface area contributed by atoms with Crippen molar-refractivity contribution in [3.8, 4) is 0 Å². The van der Waals surface area contributed by atoms with Gasteiger partial charge in [0.1, 0.15) is 13.2 Å². The Morgan fingerprint density at radius 2 is 0.534 bits per heavy atom. The van der Waals surface area contributed by atoms with Gasteiger partial charge in [0.05, 0.1) is 0 Å². The van der Waals surface area contributed by atoms with Gasteiger partial charge in [-0.15, -0.1) is 0 Å². The molecule has 0 rings (SSSR count). The van der Waals surface area contributed by atoms with Gasteiger partial charge in [-0.25, -0.2) is 0 Å². The molecule has 0 aromatic carbocycles. The second-order valence-electron chi connectivity index (χ2n) is 20.2. The van der Waals surface area contributed by atoms with Crippen LogP contribution in [0.1, 0.15) is 290 Å². The van der Waals surface area contributed by atoms with Gasteiger partial charge in [-0.1, -0.05) is 253 Å². The van der Waals surface area contributed by atoms with Crippen LogP contribution in [0.2, 0.25) is 0 Å². The van der Waals surface area contributed by atoms with Gasteiger partial charge in [0, 0.05) is 19.3 Å². The second-order valence-corrected chi connectivity index (χ2v) is 20.2. The van der Waals surface area contributed by atoms with Crippen LogP contribution in [0, 0.1) is 0 Å². The van der Waals surface area contributed by atoms with Gasteiger partial charge in [0.25, 0.3) is 0 Å². The molecule has 0 N–H and O–H groups in total. The maximum absolute atomic E-state index is 12.9. The molecule has 0 bridgehead atoms. The molecule has 0 aliphatic rings. The number of hydrogen-bond acceptors (Lipinski definition) is 6. The summed E-state index contributed by atoms with van der Waals surface area (Å²) in [5, 5.41) is 0. The first kappa shape index (κ1) is 69.3. The fraction of sp³-hybridized carbons (Fsp3) is 0.716.